The van der Waals surface area contributed by atoms with Gasteiger partial charge in [0, 0.05) is 39.1 Å². The Hall–Kier alpha value is -2.57. The van der Waals surface area contributed by atoms with E-state index in [0.717, 1.165) is 69.8 Å². The Morgan fingerprint density at radius 2 is 1.82 bits per heavy atom. The third-order valence-electron chi connectivity index (χ3n) is 5.98. The van der Waals surface area contributed by atoms with Gasteiger partial charge in [-0.3, -0.25) is 9.69 Å². The molecule has 1 amide bonds. The molecule has 1 heterocycles. The number of unbranched alkanes of at least 4 members (excludes halogenated alkanes) is 2. The SMILES string of the molecule is CCCCCC(=O)N(CCN1CCOCC1)Cc1ccc(OC)c(OCc2ccccc2)c1. The van der Waals surface area contributed by atoms with Crippen molar-refractivity contribution in [2.75, 3.05) is 46.5 Å². The highest BCUT2D eigenvalue weighted by atomic mass is 16.5. The van der Waals surface area contributed by atoms with Gasteiger partial charge in [0.15, 0.2) is 11.5 Å². The maximum Gasteiger partial charge on any atom is 0.222 e. The number of ether oxygens (including phenoxy) is 3. The van der Waals surface area contributed by atoms with E-state index >= 15 is 0 Å². The van der Waals surface area contributed by atoms with Crippen molar-refractivity contribution in [3.05, 3.63) is 59.7 Å². The predicted octanol–water partition coefficient (Wildman–Crippen LogP) is 4.52. The fraction of sp³-hybridized carbons (Fsp3) is 0.519. The van der Waals surface area contributed by atoms with Crippen LogP contribution >= 0.6 is 0 Å². The molecule has 0 aromatic heterocycles. The summed E-state index contributed by atoms with van der Waals surface area (Å²) in [5.74, 6) is 1.62. The molecule has 1 aliphatic rings. The lowest BCUT2D eigenvalue weighted by atomic mass is 10.1. The average Bonchev–Trinajstić information content (AvgIpc) is 2.86. The summed E-state index contributed by atoms with van der Waals surface area (Å²) in [4.78, 5) is 17.4. The van der Waals surface area contributed by atoms with Crippen molar-refractivity contribution in [3.63, 3.8) is 0 Å². The van der Waals surface area contributed by atoms with Crippen LogP contribution in [-0.2, 0) is 22.7 Å². The Kier molecular flexibility index (Phi) is 10.5. The average molecular weight is 455 g/mol. The lowest BCUT2D eigenvalue weighted by molar-refractivity contribution is -0.132. The highest BCUT2D eigenvalue weighted by molar-refractivity contribution is 5.76. The van der Waals surface area contributed by atoms with Crippen LogP contribution in [0, 0.1) is 0 Å². The zero-order valence-electron chi connectivity index (χ0n) is 20.1. The van der Waals surface area contributed by atoms with Crippen LogP contribution < -0.4 is 9.47 Å². The number of rotatable bonds is 13. The second-order valence-electron chi connectivity index (χ2n) is 8.49. The van der Waals surface area contributed by atoms with E-state index < -0.39 is 0 Å². The van der Waals surface area contributed by atoms with Crippen molar-refractivity contribution in [1.82, 2.24) is 9.80 Å². The highest BCUT2D eigenvalue weighted by Crippen LogP contribution is 2.29. The van der Waals surface area contributed by atoms with E-state index in [2.05, 4.69) is 11.8 Å². The maximum atomic E-state index is 13.0. The Labute approximate surface area is 198 Å². The Bertz CT molecular complexity index is 837. The molecule has 1 fully saturated rings. The van der Waals surface area contributed by atoms with Gasteiger partial charge in [0.1, 0.15) is 6.61 Å². The number of carbonyl (C=O) groups is 1. The van der Waals surface area contributed by atoms with Crippen molar-refractivity contribution in [3.8, 4) is 11.5 Å². The van der Waals surface area contributed by atoms with Crippen molar-refractivity contribution in [1.29, 1.82) is 0 Å². The van der Waals surface area contributed by atoms with Crippen LogP contribution in [0.25, 0.3) is 0 Å². The topological polar surface area (TPSA) is 51.2 Å². The zero-order chi connectivity index (χ0) is 23.3. The molecular weight excluding hydrogens is 416 g/mol. The van der Waals surface area contributed by atoms with Crippen LogP contribution in [0.2, 0.25) is 0 Å². The monoisotopic (exact) mass is 454 g/mol. The number of morpholine rings is 1. The standard InChI is InChI=1S/C27H38N2O4/c1-3-4-6-11-27(30)29(15-14-28-16-18-32-19-17-28)21-24-12-13-25(31-2)26(20-24)33-22-23-9-7-5-8-10-23/h5,7-10,12-13,20H,3-4,6,11,14-19,21-22H2,1-2H3. The summed E-state index contributed by atoms with van der Waals surface area (Å²) in [6.45, 7) is 8.19. The summed E-state index contributed by atoms with van der Waals surface area (Å²) >= 11 is 0. The first kappa shape index (κ1) is 25.1. The number of carbonyl (C=O) groups excluding carboxylic acids is 1. The molecule has 6 heteroatoms. The number of amides is 1. The molecule has 2 aromatic carbocycles. The van der Waals surface area contributed by atoms with Gasteiger partial charge >= 0.3 is 0 Å². The van der Waals surface area contributed by atoms with E-state index in [9.17, 15) is 4.79 Å². The van der Waals surface area contributed by atoms with Gasteiger partial charge in [-0.15, -0.1) is 0 Å². The number of hydrogen-bond donors (Lipinski definition) is 0. The largest absolute Gasteiger partial charge is 0.493 e. The Balaban J connectivity index is 1.67. The summed E-state index contributed by atoms with van der Waals surface area (Å²) < 4.78 is 17.0. The Morgan fingerprint density at radius 3 is 2.55 bits per heavy atom. The fourth-order valence-electron chi connectivity index (χ4n) is 3.95. The molecule has 0 N–H and O–H groups in total. The molecular formula is C27H38N2O4. The minimum Gasteiger partial charge on any atom is -0.493 e. The van der Waals surface area contributed by atoms with Crippen LogP contribution in [0.1, 0.15) is 43.7 Å². The van der Waals surface area contributed by atoms with Crippen LogP contribution in [0.15, 0.2) is 48.5 Å². The van der Waals surface area contributed by atoms with Crippen molar-refractivity contribution >= 4 is 5.91 Å². The summed E-state index contributed by atoms with van der Waals surface area (Å²) in [5.41, 5.74) is 2.15. The lowest BCUT2D eigenvalue weighted by Gasteiger charge is -2.30. The van der Waals surface area contributed by atoms with Gasteiger partial charge in [-0.2, -0.15) is 0 Å². The van der Waals surface area contributed by atoms with Gasteiger partial charge in [0.05, 0.1) is 20.3 Å². The van der Waals surface area contributed by atoms with Gasteiger partial charge < -0.3 is 19.1 Å². The summed E-state index contributed by atoms with van der Waals surface area (Å²) in [6, 6.07) is 16.0. The molecule has 0 unspecified atom stereocenters. The van der Waals surface area contributed by atoms with E-state index in [4.69, 9.17) is 14.2 Å². The number of nitrogens with zero attached hydrogens (tertiary/aromatic N) is 2. The minimum atomic E-state index is 0.222. The van der Waals surface area contributed by atoms with E-state index in [0.29, 0.717) is 31.1 Å². The van der Waals surface area contributed by atoms with Crippen LogP contribution in [0.5, 0.6) is 11.5 Å². The first-order valence-electron chi connectivity index (χ1n) is 12.1. The molecule has 33 heavy (non-hydrogen) atoms. The maximum absolute atomic E-state index is 13.0. The van der Waals surface area contributed by atoms with Gasteiger partial charge in [-0.05, 0) is 29.7 Å². The first-order chi connectivity index (χ1) is 16.2. The van der Waals surface area contributed by atoms with Crippen LogP contribution in [-0.4, -0.2) is 62.2 Å². The first-order valence-corrected chi connectivity index (χ1v) is 12.1. The molecule has 0 saturated carbocycles. The predicted molar refractivity (Wildman–Crippen MR) is 131 cm³/mol. The number of benzene rings is 2. The third-order valence-corrected chi connectivity index (χ3v) is 5.98. The molecule has 0 radical (unpaired) electrons. The van der Waals surface area contributed by atoms with E-state index in [1.54, 1.807) is 7.11 Å². The number of methoxy groups -OCH3 is 1. The summed E-state index contributed by atoms with van der Waals surface area (Å²) in [7, 11) is 1.65. The Morgan fingerprint density at radius 1 is 1.03 bits per heavy atom. The van der Waals surface area contributed by atoms with E-state index in [1.807, 2.05) is 53.4 Å². The summed E-state index contributed by atoms with van der Waals surface area (Å²) in [5, 5.41) is 0. The lowest BCUT2D eigenvalue weighted by Crippen LogP contribution is -2.42. The molecule has 6 nitrogen and oxygen atoms in total. The third kappa shape index (κ3) is 8.37. The second kappa shape index (κ2) is 13.9. The van der Waals surface area contributed by atoms with Crippen molar-refractivity contribution in [2.45, 2.75) is 45.8 Å². The molecule has 0 spiro atoms. The molecule has 3 rings (SSSR count). The van der Waals surface area contributed by atoms with Crippen LogP contribution in [0.3, 0.4) is 0 Å². The van der Waals surface area contributed by atoms with E-state index in [1.165, 1.54) is 0 Å². The highest BCUT2D eigenvalue weighted by Gasteiger charge is 2.18. The number of hydrogen-bond acceptors (Lipinski definition) is 5. The minimum absolute atomic E-state index is 0.222. The molecule has 0 aliphatic carbocycles. The second-order valence-corrected chi connectivity index (χ2v) is 8.49. The van der Waals surface area contributed by atoms with Crippen LogP contribution in [0.4, 0.5) is 0 Å². The molecule has 180 valence electrons. The van der Waals surface area contributed by atoms with Gasteiger partial charge in [-0.1, -0.05) is 56.2 Å². The molecule has 1 aliphatic heterocycles. The molecule has 2 aromatic rings. The molecule has 0 bridgehead atoms. The van der Waals surface area contributed by atoms with E-state index in [-0.39, 0.29) is 5.91 Å². The van der Waals surface area contributed by atoms with Gasteiger partial charge in [0.2, 0.25) is 5.91 Å². The molecule has 1 saturated heterocycles. The van der Waals surface area contributed by atoms with Gasteiger partial charge in [-0.25, -0.2) is 0 Å². The quantitative estimate of drug-likeness (QED) is 0.417. The molecule has 0 atom stereocenters. The normalized spacial score (nSPS) is 14.1. The van der Waals surface area contributed by atoms with Crippen molar-refractivity contribution in [2.24, 2.45) is 0 Å². The smallest absolute Gasteiger partial charge is 0.222 e. The fourth-order valence-corrected chi connectivity index (χ4v) is 3.95. The summed E-state index contributed by atoms with van der Waals surface area (Å²) in [6.07, 6.45) is 3.74. The van der Waals surface area contributed by atoms with Gasteiger partial charge in [0.25, 0.3) is 0 Å². The zero-order valence-corrected chi connectivity index (χ0v) is 20.1. The van der Waals surface area contributed by atoms with Crippen molar-refractivity contribution < 1.29 is 19.0 Å².